The van der Waals surface area contributed by atoms with Gasteiger partial charge in [0.25, 0.3) is 0 Å². The molecular weight excluding hydrogens is 704 g/mol. The van der Waals surface area contributed by atoms with Gasteiger partial charge in [0.05, 0.1) is 17.9 Å². The van der Waals surface area contributed by atoms with E-state index >= 15 is 0 Å². The van der Waals surface area contributed by atoms with Crippen LogP contribution in [0.5, 0.6) is 11.5 Å². The van der Waals surface area contributed by atoms with Crippen LogP contribution in [-0.2, 0) is 0 Å². The van der Waals surface area contributed by atoms with Crippen molar-refractivity contribution in [1.29, 1.82) is 0 Å². The number of halogens is 6. The van der Waals surface area contributed by atoms with Crippen molar-refractivity contribution < 1.29 is 9.47 Å². The molecule has 128 valence electrons. The fourth-order valence-electron chi connectivity index (χ4n) is 1.70. The third-order valence-electron chi connectivity index (χ3n) is 2.93. The van der Waals surface area contributed by atoms with Gasteiger partial charge in [0.15, 0.2) is 11.5 Å². The number of benzene rings is 2. The van der Waals surface area contributed by atoms with Gasteiger partial charge in [-0.3, -0.25) is 0 Å². The molecule has 0 heterocycles. The molecule has 2 aromatic carbocycles. The average molecular weight is 714 g/mol. The van der Waals surface area contributed by atoms with Gasteiger partial charge in [-0.25, -0.2) is 0 Å². The number of rotatable bonds is 4. The minimum atomic E-state index is 0.653. The lowest BCUT2D eigenvalue weighted by Gasteiger charge is -2.15. The lowest BCUT2D eigenvalue weighted by molar-refractivity contribution is 0.345. The lowest BCUT2D eigenvalue weighted by Crippen LogP contribution is -2.02. The predicted octanol–water partition coefficient (Wildman–Crippen LogP) is 8.97. The quantitative estimate of drug-likeness (QED) is 0.295. The summed E-state index contributed by atoms with van der Waals surface area (Å²) in [5.74, 6) is 2.68. The summed E-state index contributed by atoms with van der Waals surface area (Å²) in [7, 11) is 0. The molecular formula is C16H10Br6O2. The first-order chi connectivity index (χ1) is 11.2. The van der Waals surface area contributed by atoms with E-state index in [4.69, 9.17) is 9.47 Å². The summed E-state index contributed by atoms with van der Waals surface area (Å²) in [6.45, 7) is 3.72. The van der Waals surface area contributed by atoms with Crippen molar-refractivity contribution in [2.75, 3.05) is 0 Å². The number of hydrogen-bond acceptors (Lipinski definition) is 2. The predicted molar refractivity (Wildman–Crippen MR) is 119 cm³/mol. The monoisotopic (exact) mass is 708 g/mol. The summed E-state index contributed by atoms with van der Waals surface area (Å²) in [5.41, 5.74) is 0. The van der Waals surface area contributed by atoms with E-state index in [2.05, 4.69) is 95.6 Å². The van der Waals surface area contributed by atoms with Gasteiger partial charge in [-0.1, -0.05) is 31.9 Å². The van der Waals surface area contributed by atoms with Crippen molar-refractivity contribution in [3.8, 4) is 11.5 Å². The summed E-state index contributed by atoms with van der Waals surface area (Å²) in [6.07, 6.45) is 0. The lowest BCUT2D eigenvalue weighted by atomic mass is 10.3. The number of hydrogen-bond donors (Lipinski definition) is 0. The van der Waals surface area contributed by atoms with Crippen LogP contribution in [-0.4, -0.2) is 0 Å². The fraction of sp³-hybridized carbons (Fsp3) is 0.125. The van der Waals surface area contributed by atoms with Crippen molar-refractivity contribution in [3.63, 3.8) is 0 Å². The second-order valence-electron chi connectivity index (χ2n) is 4.71. The summed E-state index contributed by atoms with van der Waals surface area (Å²) < 4.78 is 17.2. The third kappa shape index (κ3) is 5.33. The van der Waals surface area contributed by atoms with Crippen molar-refractivity contribution in [1.82, 2.24) is 0 Å². The smallest absolute Gasteiger partial charge is 0.155 e. The first-order valence-corrected chi connectivity index (χ1v) is 11.3. The Labute approximate surface area is 191 Å². The van der Waals surface area contributed by atoms with Crippen LogP contribution >= 0.6 is 95.6 Å². The van der Waals surface area contributed by atoms with Crippen molar-refractivity contribution in [2.24, 2.45) is 0 Å². The van der Waals surface area contributed by atoms with E-state index < -0.39 is 0 Å². The maximum absolute atomic E-state index is 5.97. The van der Waals surface area contributed by atoms with Crippen LogP contribution in [0.25, 0.3) is 0 Å². The van der Waals surface area contributed by atoms with E-state index in [1.807, 2.05) is 38.1 Å². The van der Waals surface area contributed by atoms with Gasteiger partial charge in [0, 0.05) is 8.95 Å². The van der Waals surface area contributed by atoms with Gasteiger partial charge >= 0.3 is 0 Å². The normalized spacial score (nSPS) is 12.0. The van der Waals surface area contributed by atoms with E-state index in [0.717, 1.165) is 26.8 Å². The molecule has 0 unspecified atom stereocenters. The molecule has 0 bridgehead atoms. The Bertz CT molecular complexity index is 703. The van der Waals surface area contributed by atoms with Gasteiger partial charge < -0.3 is 9.47 Å². The van der Waals surface area contributed by atoms with Crippen molar-refractivity contribution in [2.45, 2.75) is 13.8 Å². The molecule has 0 N–H and O–H groups in total. The van der Waals surface area contributed by atoms with Crippen LogP contribution in [0.4, 0.5) is 0 Å². The van der Waals surface area contributed by atoms with Gasteiger partial charge in [0.1, 0.15) is 11.5 Å². The van der Waals surface area contributed by atoms with E-state index in [1.54, 1.807) is 0 Å². The highest BCUT2D eigenvalue weighted by molar-refractivity contribution is 9.12. The van der Waals surface area contributed by atoms with E-state index in [-0.39, 0.29) is 0 Å². The van der Waals surface area contributed by atoms with Crippen molar-refractivity contribution >= 4 is 95.6 Å². The Hall–Kier alpha value is 0.660. The van der Waals surface area contributed by atoms with Crippen LogP contribution in [0, 0.1) is 0 Å². The molecule has 2 rings (SSSR count). The van der Waals surface area contributed by atoms with Crippen LogP contribution in [0.2, 0.25) is 0 Å². The Morgan fingerprint density at radius 1 is 0.583 bits per heavy atom. The zero-order valence-electron chi connectivity index (χ0n) is 12.4. The maximum Gasteiger partial charge on any atom is 0.155 e. The molecule has 0 aliphatic rings. The van der Waals surface area contributed by atoms with E-state index in [9.17, 15) is 0 Å². The molecule has 0 aliphatic heterocycles. The summed E-state index contributed by atoms with van der Waals surface area (Å²) in [6, 6.07) is 7.69. The molecule has 0 saturated heterocycles. The highest BCUT2D eigenvalue weighted by Gasteiger charge is 2.14. The first-order valence-electron chi connectivity index (χ1n) is 6.51. The second-order valence-corrected chi connectivity index (χ2v) is 9.96. The summed E-state index contributed by atoms with van der Waals surface area (Å²) in [4.78, 5) is 0. The molecule has 2 aromatic rings. The first kappa shape index (κ1) is 21.0. The Balaban J connectivity index is 2.30. The molecule has 2 nitrogen and oxygen atoms in total. The Kier molecular flexibility index (Phi) is 7.90. The SMILES string of the molecule is CC(Oc1c(Br)cc(Br)cc1Br)=C(C)Oc1c(Br)cc(Br)cc1Br. The average Bonchev–Trinajstić information content (AvgIpc) is 2.46. The maximum atomic E-state index is 5.97. The highest BCUT2D eigenvalue weighted by atomic mass is 79.9. The van der Waals surface area contributed by atoms with Gasteiger partial charge in [-0.2, -0.15) is 0 Å². The molecule has 0 aromatic heterocycles. The van der Waals surface area contributed by atoms with Crippen LogP contribution in [0.1, 0.15) is 13.8 Å². The van der Waals surface area contributed by atoms with E-state index in [1.165, 1.54) is 0 Å². The zero-order valence-corrected chi connectivity index (χ0v) is 21.9. The fourth-order valence-corrected chi connectivity index (χ4v) is 6.54. The zero-order chi connectivity index (χ0) is 18.0. The molecule has 0 fully saturated rings. The molecule has 0 radical (unpaired) electrons. The molecule has 0 amide bonds. The highest BCUT2D eigenvalue weighted by Crippen LogP contribution is 2.39. The minimum absolute atomic E-state index is 0.653. The van der Waals surface area contributed by atoms with Crippen LogP contribution < -0.4 is 9.47 Å². The summed E-state index contributed by atoms with van der Waals surface area (Å²) in [5, 5.41) is 0. The van der Waals surface area contributed by atoms with Gasteiger partial charge in [-0.05, 0) is 102 Å². The molecule has 8 heteroatoms. The van der Waals surface area contributed by atoms with Gasteiger partial charge in [-0.15, -0.1) is 0 Å². The number of allylic oxidation sites excluding steroid dienone is 2. The number of ether oxygens (including phenoxy) is 2. The third-order valence-corrected chi connectivity index (χ3v) is 6.20. The summed E-state index contributed by atoms with van der Waals surface area (Å²) >= 11 is 20.9. The largest absolute Gasteiger partial charge is 0.456 e. The molecule has 24 heavy (non-hydrogen) atoms. The standard InChI is InChI=1S/C16H10Br6O2/c1-7(23-15-11(19)3-9(17)4-12(15)20)8(2)24-16-13(21)5-10(18)6-14(16)22/h3-6H,1-2H3. The Morgan fingerprint density at radius 2 is 0.833 bits per heavy atom. The van der Waals surface area contributed by atoms with Gasteiger partial charge in [0.2, 0.25) is 0 Å². The van der Waals surface area contributed by atoms with Crippen LogP contribution in [0.15, 0.2) is 62.6 Å². The molecule has 0 spiro atoms. The van der Waals surface area contributed by atoms with Crippen LogP contribution in [0.3, 0.4) is 0 Å². The topological polar surface area (TPSA) is 18.5 Å². The molecule has 0 aliphatic carbocycles. The van der Waals surface area contributed by atoms with Crippen molar-refractivity contribution in [3.05, 3.63) is 62.6 Å². The Morgan fingerprint density at radius 3 is 1.08 bits per heavy atom. The van der Waals surface area contributed by atoms with E-state index in [0.29, 0.717) is 23.0 Å². The second kappa shape index (κ2) is 9.04. The molecule has 0 atom stereocenters. The minimum Gasteiger partial charge on any atom is -0.456 e. The molecule has 0 saturated carbocycles.